The first kappa shape index (κ1) is 18.2. The average Bonchev–Trinajstić information content (AvgIpc) is 2.65. The van der Waals surface area contributed by atoms with Gasteiger partial charge in [0.25, 0.3) is 0 Å². The van der Waals surface area contributed by atoms with E-state index >= 15 is 0 Å². The highest BCUT2D eigenvalue weighted by Gasteiger charge is 2.38. The van der Waals surface area contributed by atoms with Crippen LogP contribution >= 0.6 is 0 Å². The van der Waals surface area contributed by atoms with Crippen LogP contribution in [0.3, 0.4) is 0 Å². The lowest BCUT2D eigenvalue weighted by Crippen LogP contribution is -2.26. The quantitative estimate of drug-likeness (QED) is 0.818. The average molecular weight is 344 g/mol. The van der Waals surface area contributed by atoms with E-state index in [1.165, 1.54) is 21.3 Å². The number of nitrogens with zero attached hydrogens (tertiary/aromatic N) is 1. The minimum absolute atomic E-state index is 0.0325. The zero-order chi connectivity index (χ0) is 18.6. The number of esters is 1. The number of ether oxygens (including phenoxy) is 4. The summed E-state index contributed by atoms with van der Waals surface area (Å²) in [6, 6.07) is 7.17. The predicted octanol–water partition coefficient (Wildman–Crippen LogP) is 2.35. The van der Waals surface area contributed by atoms with Crippen molar-refractivity contribution in [2.24, 2.45) is 5.73 Å². The number of rotatable bonds is 5. The molecule has 2 N–H and O–H groups in total. The Morgan fingerprint density at radius 2 is 2.04 bits per heavy atom. The van der Waals surface area contributed by atoms with E-state index in [1.807, 2.05) is 13.0 Å². The van der Waals surface area contributed by atoms with Gasteiger partial charge in [0.05, 0.1) is 32.8 Å². The number of hydrogen-bond acceptors (Lipinski definition) is 7. The van der Waals surface area contributed by atoms with Crippen LogP contribution in [0, 0.1) is 11.3 Å². The van der Waals surface area contributed by atoms with Crippen LogP contribution in [0.2, 0.25) is 0 Å². The second kappa shape index (κ2) is 7.62. The van der Waals surface area contributed by atoms with Crippen LogP contribution < -0.4 is 15.2 Å². The minimum atomic E-state index is -0.748. The van der Waals surface area contributed by atoms with Gasteiger partial charge in [0, 0.05) is 18.1 Å². The van der Waals surface area contributed by atoms with Crippen molar-refractivity contribution in [1.29, 1.82) is 5.26 Å². The molecule has 1 aliphatic heterocycles. The molecule has 0 amide bonds. The smallest absolute Gasteiger partial charge is 0.338 e. The zero-order valence-electron chi connectivity index (χ0n) is 14.6. The van der Waals surface area contributed by atoms with Crippen molar-refractivity contribution >= 4 is 5.97 Å². The summed E-state index contributed by atoms with van der Waals surface area (Å²) in [5, 5.41) is 9.58. The molecule has 0 fully saturated rings. The number of nitrogens with two attached hydrogens (primary N) is 1. The van der Waals surface area contributed by atoms with E-state index in [2.05, 4.69) is 0 Å². The number of allylic oxidation sites excluding steroid dienone is 2. The second-order valence-electron chi connectivity index (χ2n) is 5.21. The first-order valence-electron chi connectivity index (χ1n) is 7.63. The summed E-state index contributed by atoms with van der Waals surface area (Å²) >= 11 is 0. The van der Waals surface area contributed by atoms with Gasteiger partial charge in [0.15, 0.2) is 0 Å². The van der Waals surface area contributed by atoms with Gasteiger partial charge in [-0.3, -0.25) is 0 Å². The SMILES string of the molecule is CCC1=C(C(=O)OC)C(c2ccc(OC)cc2OC)C(C#N)=C(N)O1. The molecule has 7 heteroatoms. The Balaban J connectivity index is 2.75. The van der Waals surface area contributed by atoms with Crippen LogP contribution in [0.25, 0.3) is 0 Å². The summed E-state index contributed by atoms with van der Waals surface area (Å²) in [6.45, 7) is 1.82. The summed E-state index contributed by atoms with van der Waals surface area (Å²) in [6.07, 6.45) is 0.415. The molecular weight excluding hydrogens is 324 g/mol. The molecule has 0 radical (unpaired) electrons. The standard InChI is InChI=1S/C18H20N2O5/c1-5-13-16(18(21)24-4)15(12(9-19)17(20)25-13)11-7-6-10(22-2)8-14(11)23-3/h6-8,15H,5,20H2,1-4H3. The Kier molecular flexibility index (Phi) is 5.55. The Bertz CT molecular complexity index is 789. The van der Waals surface area contributed by atoms with Crippen LogP contribution in [0.1, 0.15) is 24.8 Å². The van der Waals surface area contributed by atoms with Crippen LogP contribution in [0.15, 0.2) is 41.0 Å². The van der Waals surface area contributed by atoms with Crippen molar-refractivity contribution in [2.75, 3.05) is 21.3 Å². The lowest BCUT2D eigenvalue weighted by Gasteiger charge is -2.28. The summed E-state index contributed by atoms with van der Waals surface area (Å²) in [5.41, 5.74) is 6.87. The van der Waals surface area contributed by atoms with E-state index in [9.17, 15) is 10.1 Å². The Labute approximate surface area is 146 Å². The molecule has 1 aromatic carbocycles. The van der Waals surface area contributed by atoms with Crippen LogP contribution in [-0.4, -0.2) is 27.3 Å². The largest absolute Gasteiger partial charge is 0.497 e. The first-order valence-corrected chi connectivity index (χ1v) is 7.63. The molecule has 2 rings (SSSR count). The van der Waals surface area contributed by atoms with Gasteiger partial charge in [-0.05, 0) is 6.07 Å². The highest BCUT2D eigenvalue weighted by atomic mass is 16.5. The molecular formula is C18H20N2O5. The van der Waals surface area contributed by atoms with Crippen LogP contribution in [0.5, 0.6) is 11.5 Å². The number of carbonyl (C=O) groups excluding carboxylic acids is 1. The third-order valence-electron chi connectivity index (χ3n) is 3.97. The highest BCUT2D eigenvalue weighted by molar-refractivity contribution is 5.92. The molecule has 0 spiro atoms. The lowest BCUT2D eigenvalue weighted by atomic mass is 9.82. The van der Waals surface area contributed by atoms with E-state index in [-0.39, 0.29) is 17.0 Å². The van der Waals surface area contributed by atoms with E-state index < -0.39 is 11.9 Å². The Morgan fingerprint density at radius 1 is 1.32 bits per heavy atom. The van der Waals surface area contributed by atoms with E-state index in [1.54, 1.807) is 18.2 Å². The molecule has 1 heterocycles. The molecule has 0 saturated heterocycles. The molecule has 0 aromatic heterocycles. The van der Waals surface area contributed by atoms with Gasteiger partial charge >= 0.3 is 5.97 Å². The molecule has 1 aromatic rings. The van der Waals surface area contributed by atoms with E-state index in [4.69, 9.17) is 24.7 Å². The zero-order valence-corrected chi connectivity index (χ0v) is 14.6. The van der Waals surface area contributed by atoms with E-state index in [0.717, 1.165) is 0 Å². The highest BCUT2D eigenvalue weighted by Crippen LogP contribution is 2.44. The number of nitriles is 1. The predicted molar refractivity (Wildman–Crippen MR) is 89.5 cm³/mol. The first-order chi connectivity index (χ1) is 12.0. The van der Waals surface area contributed by atoms with Gasteiger partial charge in [-0.15, -0.1) is 0 Å². The normalized spacial score (nSPS) is 16.8. The van der Waals surface area contributed by atoms with Crippen molar-refractivity contribution in [2.45, 2.75) is 19.3 Å². The van der Waals surface area contributed by atoms with Crippen LogP contribution in [0.4, 0.5) is 0 Å². The summed E-state index contributed by atoms with van der Waals surface area (Å²) in [7, 11) is 4.31. The van der Waals surface area contributed by atoms with Gasteiger partial charge in [-0.1, -0.05) is 13.0 Å². The fourth-order valence-corrected chi connectivity index (χ4v) is 2.78. The van der Waals surface area contributed by atoms with Gasteiger partial charge < -0.3 is 24.7 Å². The molecule has 0 aliphatic carbocycles. The molecule has 1 aliphatic rings. The Hall–Kier alpha value is -3.14. The number of methoxy groups -OCH3 is 3. The van der Waals surface area contributed by atoms with Gasteiger partial charge in [0.1, 0.15) is 28.9 Å². The number of benzene rings is 1. The van der Waals surface area contributed by atoms with Gasteiger partial charge in [-0.2, -0.15) is 5.26 Å². The fraction of sp³-hybridized carbons (Fsp3) is 0.333. The molecule has 0 saturated carbocycles. The third-order valence-corrected chi connectivity index (χ3v) is 3.97. The molecule has 7 nitrogen and oxygen atoms in total. The number of carbonyl (C=O) groups is 1. The Morgan fingerprint density at radius 3 is 2.56 bits per heavy atom. The summed E-state index contributed by atoms with van der Waals surface area (Å²) < 4.78 is 21.0. The minimum Gasteiger partial charge on any atom is -0.497 e. The third kappa shape index (κ3) is 3.24. The van der Waals surface area contributed by atoms with Crippen molar-refractivity contribution in [3.05, 3.63) is 46.6 Å². The maximum absolute atomic E-state index is 12.4. The van der Waals surface area contributed by atoms with Gasteiger partial charge in [-0.25, -0.2) is 4.79 Å². The van der Waals surface area contributed by atoms with Crippen molar-refractivity contribution < 1.29 is 23.7 Å². The van der Waals surface area contributed by atoms with Gasteiger partial charge in [0.2, 0.25) is 5.88 Å². The topological polar surface area (TPSA) is 104 Å². The summed E-state index contributed by atoms with van der Waals surface area (Å²) in [5.74, 6) is 0.0501. The molecule has 0 bridgehead atoms. The monoisotopic (exact) mass is 344 g/mol. The number of hydrogen-bond donors (Lipinski definition) is 1. The lowest BCUT2D eigenvalue weighted by molar-refractivity contribution is -0.136. The van der Waals surface area contributed by atoms with E-state index in [0.29, 0.717) is 29.2 Å². The van der Waals surface area contributed by atoms with Crippen molar-refractivity contribution in [3.63, 3.8) is 0 Å². The molecule has 25 heavy (non-hydrogen) atoms. The molecule has 1 unspecified atom stereocenters. The maximum atomic E-state index is 12.4. The van der Waals surface area contributed by atoms with Crippen LogP contribution in [-0.2, 0) is 14.3 Å². The molecule has 1 atom stereocenters. The summed E-state index contributed by atoms with van der Waals surface area (Å²) in [4.78, 5) is 12.4. The van der Waals surface area contributed by atoms with Crippen molar-refractivity contribution in [1.82, 2.24) is 0 Å². The van der Waals surface area contributed by atoms with Crippen molar-refractivity contribution in [3.8, 4) is 17.6 Å². The maximum Gasteiger partial charge on any atom is 0.338 e. The second-order valence-corrected chi connectivity index (χ2v) is 5.21. The molecule has 132 valence electrons. The fourth-order valence-electron chi connectivity index (χ4n) is 2.78.